The Hall–Kier alpha value is -2.07. The number of hydrogen-bond acceptors (Lipinski definition) is 7. The second kappa shape index (κ2) is 14.2. The highest BCUT2D eigenvalue weighted by atomic mass is 19.1. The van der Waals surface area contributed by atoms with Gasteiger partial charge in [-0.2, -0.15) is 0 Å². The number of esters is 2. The van der Waals surface area contributed by atoms with E-state index in [9.17, 15) is 23.2 Å². The molecule has 0 aromatic carbocycles. The van der Waals surface area contributed by atoms with Gasteiger partial charge >= 0.3 is 11.9 Å². The number of alkyl halides is 2. The van der Waals surface area contributed by atoms with Gasteiger partial charge in [0, 0.05) is 31.8 Å². The maximum absolute atomic E-state index is 14.0. The van der Waals surface area contributed by atoms with Crippen LogP contribution in [-0.4, -0.2) is 72.3 Å². The van der Waals surface area contributed by atoms with Gasteiger partial charge in [0.1, 0.15) is 18.7 Å². The van der Waals surface area contributed by atoms with Crippen LogP contribution in [-0.2, 0) is 23.9 Å². The van der Waals surface area contributed by atoms with Crippen LogP contribution >= 0.6 is 0 Å². The van der Waals surface area contributed by atoms with Crippen LogP contribution in [0.3, 0.4) is 0 Å². The fourth-order valence-corrected chi connectivity index (χ4v) is 3.71. The maximum atomic E-state index is 14.0. The van der Waals surface area contributed by atoms with Gasteiger partial charge in [0.2, 0.25) is 18.6 Å². The molecule has 2 N–H and O–H groups in total. The predicted octanol–water partition coefficient (Wildman–Crippen LogP) is 2.25. The summed E-state index contributed by atoms with van der Waals surface area (Å²) >= 11 is 0. The average molecular weight is 463 g/mol. The quantitative estimate of drug-likeness (QED) is 0.301. The second-order valence-corrected chi connectivity index (χ2v) is 8.13. The van der Waals surface area contributed by atoms with Crippen LogP contribution in [0.15, 0.2) is 12.7 Å². The summed E-state index contributed by atoms with van der Waals surface area (Å²) in [6, 6.07) is -1.95. The minimum atomic E-state index is -1.77. The van der Waals surface area contributed by atoms with E-state index >= 15 is 0 Å². The number of halogens is 2. The molecule has 6 atom stereocenters. The molecule has 0 aromatic heterocycles. The fourth-order valence-electron chi connectivity index (χ4n) is 3.71. The molecule has 0 spiro atoms. The van der Waals surface area contributed by atoms with Crippen molar-refractivity contribution < 1.29 is 37.7 Å². The van der Waals surface area contributed by atoms with Crippen molar-refractivity contribution >= 4 is 17.8 Å². The molecule has 1 aliphatic rings. The summed E-state index contributed by atoms with van der Waals surface area (Å²) < 4.78 is 37.8. The van der Waals surface area contributed by atoms with Gasteiger partial charge in [0.05, 0.1) is 0 Å². The number of amides is 1. The highest BCUT2D eigenvalue weighted by Crippen LogP contribution is 2.34. The van der Waals surface area contributed by atoms with E-state index < -0.39 is 55.2 Å². The number of nitrogens with zero attached hydrogens (tertiary/aromatic N) is 1. The van der Waals surface area contributed by atoms with E-state index in [1.165, 1.54) is 11.0 Å². The van der Waals surface area contributed by atoms with Crippen LogP contribution in [0.1, 0.15) is 52.9 Å². The third kappa shape index (κ3) is 8.46. The average Bonchev–Trinajstić information content (AvgIpc) is 3.10. The number of carbonyl (C=O) groups excluding carboxylic acids is 3. The normalized spacial score (nSPS) is 23.8. The van der Waals surface area contributed by atoms with Crippen LogP contribution in [0, 0.1) is 11.8 Å². The molecule has 32 heavy (non-hydrogen) atoms. The highest BCUT2D eigenvalue weighted by molar-refractivity contribution is 5.82. The third-order valence-electron chi connectivity index (χ3n) is 5.31. The molecule has 1 fully saturated rings. The summed E-state index contributed by atoms with van der Waals surface area (Å²) in [6.45, 7) is 8.66. The van der Waals surface area contributed by atoms with Crippen molar-refractivity contribution in [3.05, 3.63) is 12.7 Å². The van der Waals surface area contributed by atoms with Crippen molar-refractivity contribution in [2.45, 2.75) is 77.7 Å². The molecule has 10 heteroatoms. The first-order valence-electron chi connectivity index (χ1n) is 11.1. The van der Waals surface area contributed by atoms with E-state index in [0.717, 1.165) is 0 Å². The topological polar surface area (TPSA) is 105 Å². The summed E-state index contributed by atoms with van der Waals surface area (Å²) in [5.74, 6) is -2.99. The van der Waals surface area contributed by atoms with Crippen LogP contribution in [0.5, 0.6) is 0 Å². The first-order valence-corrected chi connectivity index (χ1v) is 11.1. The van der Waals surface area contributed by atoms with E-state index in [1.807, 2.05) is 0 Å². The van der Waals surface area contributed by atoms with E-state index in [2.05, 4.69) is 11.9 Å². The van der Waals surface area contributed by atoms with E-state index in [-0.39, 0.29) is 38.3 Å². The number of rotatable bonds is 14. The van der Waals surface area contributed by atoms with Crippen molar-refractivity contribution in [2.24, 2.45) is 11.8 Å². The molecule has 0 aromatic rings. The van der Waals surface area contributed by atoms with Gasteiger partial charge in [-0.25, -0.2) is 8.78 Å². The Morgan fingerprint density at radius 2 is 1.72 bits per heavy atom. The molecular weight excluding hydrogens is 426 g/mol. The second-order valence-electron chi connectivity index (χ2n) is 8.13. The molecule has 1 saturated heterocycles. The lowest BCUT2D eigenvalue weighted by Crippen LogP contribution is -2.50. The minimum Gasteiger partial charge on any atom is -0.430 e. The Bertz CT molecular complexity index is 636. The van der Waals surface area contributed by atoms with Crippen molar-refractivity contribution in [3.63, 3.8) is 0 Å². The Kier molecular flexibility index (Phi) is 12.4. The first-order chi connectivity index (χ1) is 15.2. The van der Waals surface area contributed by atoms with Crippen LogP contribution < -0.4 is 5.32 Å². The van der Waals surface area contributed by atoms with Crippen LogP contribution in [0.4, 0.5) is 8.78 Å². The summed E-state index contributed by atoms with van der Waals surface area (Å²) in [5.41, 5.74) is 0. The molecule has 0 bridgehead atoms. The van der Waals surface area contributed by atoms with Gasteiger partial charge in [-0.3, -0.25) is 19.3 Å². The summed E-state index contributed by atoms with van der Waals surface area (Å²) in [6.07, 6.45) is -0.817. The third-order valence-corrected chi connectivity index (χ3v) is 5.31. The summed E-state index contributed by atoms with van der Waals surface area (Å²) in [4.78, 5) is 38.4. The molecule has 1 heterocycles. The number of hydrogen-bond donors (Lipinski definition) is 2. The lowest BCUT2D eigenvalue weighted by Gasteiger charge is -2.31. The highest BCUT2D eigenvalue weighted by Gasteiger charge is 2.49. The Morgan fingerprint density at radius 3 is 2.22 bits per heavy atom. The fraction of sp³-hybridized carbons (Fsp3) is 0.773. The summed E-state index contributed by atoms with van der Waals surface area (Å²) in [5, 5.41) is 11.4. The molecule has 1 rings (SSSR count). The molecule has 0 aliphatic carbocycles. The van der Waals surface area contributed by atoms with Gasteiger partial charge in [-0.15, -0.1) is 6.58 Å². The van der Waals surface area contributed by atoms with Crippen molar-refractivity contribution in [3.8, 4) is 0 Å². The first kappa shape index (κ1) is 28.0. The largest absolute Gasteiger partial charge is 0.430 e. The maximum Gasteiger partial charge on any atom is 0.326 e. The molecule has 1 aliphatic heterocycles. The predicted molar refractivity (Wildman–Crippen MR) is 114 cm³/mol. The molecule has 8 nitrogen and oxygen atoms in total. The van der Waals surface area contributed by atoms with Gasteiger partial charge in [0.25, 0.3) is 0 Å². The minimum absolute atomic E-state index is 0.0484. The smallest absolute Gasteiger partial charge is 0.326 e. The van der Waals surface area contributed by atoms with Crippen molar-refractivity contribution in [2.75, 3.05) is 19.7 Å². The molecule has 0 radical (unpaired) electrons. The molecular formula is C22H36F2N2O6. The Balaban J connectivity index is 3.07. The molecule has 184 valence electrons. The molecule has 1 amide bonds. The molecule has 0 saturated carbocycles. The van der Waals surface area contributed by atoms with E-state index in [4.69, 9.17) is 14.6 Å². The van der Waals surface area contributed by atoms with E-state index in [1.54, 1.807) is 20.8 Å². The zero-order chi connectivity index (χ0) is 24.3. The summed E-state index contributed by atoms with van der Waals surface area (Å²) in [7, 11) is 0. The number of likely N-dealkylation sites (tertiary alicyclic amines) is 1. The van der Waals surface area contributed by atoms with Gasteiger partial charge in [-0.05, 0) is 25.2 Å². The standard InChI is InChI=1S/C22H36F2N2O6/c1-5-8-17(23)31-21(29)16-10-15(7-3)20(22(30)32-18(24)9-6-2)26(16)12-14(4)11-25-19(28)13-27/h7,14-18,20,27H,3,5-6,8-13H2,1-2,4H3,(H,25,28)/t14?,15-,16-,17?,18?,20-/m1/s1. The lowest BCUT2D eigenvalue weighted by molar-refractivity contribution is -0.169. The SMILES string of the molecule is C=C[C@@H]1C[C@H](C(=O)OC(F)CCC)N(CC(C)CNC(=O)CO)[C@H]1C(=O)OC(F)CCC. The number of nitrogens with one attached hydrogen (secondary N) is 1. The molecule has 3 unspecified atom stereocenters. The number of carbonyl (C=O) groups is 3. The van der Waals surface area contributed by atoms with Crippen LogP contribution in [0.25, 0.3) is 0 Å². The zero-order valence-electron chi connectivity index (χ0n) is 19.1. The van der Waals surface area contributed by atoms with Crippen molar-refractivity contribution in [1.82, 2.24) is 10.2 Å². The van der Waals surface area contributed by atoms with E-state index in [0.29, 0.717) is 12.8 Å². The van der Waals surface area contributed by atoms with Gasteiger partial charge in [-0.1, -0.05) is 26.8 Å². The van der Waals surface area contributed by atoms with Crippen LogP contribution in [0.2, 0.25) is 0 Å². The Labute approximate surface area is 188 Å². The number of aliphatic hydroxyl groups excluding tert-OH is 1. The van der Waals surface area contributed by atoms with Gasteiger partial charge in [0.15, 0.2) is 0 Å². The monoisotopic (exact) mass is 462 g/mol. The van der Waals surface area contributed by atoms with Crippen molar-refractivity contribution in [1.29, 1.82) is 0 Å². The Morgan fingerprint density at radius 1 is 1.16 bits per heavy atom. The number of aliphatic hydroxyl groups is 1. The zero-order valence-corrected chi connectivity index (χ0v) is 19.1. The van der Waals surface area contributed by atoms with Gasteiger partial charge < -0.3 is 19.9 Å². The lowest BCUT2D eigenvalue weighted by atomic mass is 9.99. The number of ether oxygens (including phenoxy) is 2.